The van der Waals surface area contributed by atoms with Gasteiger partial charge in [0, 0.05) is 17.7 Å². The van der Waals surface area contributed by atoms with Crippen LogP contribution in [0.25, 0.3) is 16.8 Å². The summed E-state index contributed by atoms with van der Waals surface area (Å²) in [5, 5.41) is 11.3. The number of H-pyrrole nitrogens is 1. The lowest BCUT2D eigenvalue weighted by molar-refractivity contribution is -0.132. The first-order valence-corrected chi connectivity index (χ1v) is 11.1. The van der Waals surface area contributed by atoms with Gasteiger partial charge in [-0.25, -0.2) is 13.8 Å². The second kappa shape index (κ2) is 8.33. The number of anilines is 1. The van der Waals surface area contributed by atoms with Gasteiger partial charge in [0.15, 0.2) is 23.1 Å². The zero-order valence-corrected chi connectivity index (χ0v) is 19.1. The smallest absolute Gasteiger partial charge is 0.302 e. The van der Waals surface area contributed by atoms with Crippen LogP contribution in [0.2, 0.25) is 0 Å². The largest absolute Gasteiger partial charge is 0.507 e. The van der Waals surface area contributed by atoms with Crippen molar-refractivity contribution in [3.05, 3.63) is 82.9 Å². The van der Waals surface area contributed by atoms with Crippen molar-refractivity contribution in [2.24, 2.45) is 0 Å². The number of fused-ring (bicyclic) bond motifs is 2. The fraction of sp³-hybridized carbons (Fsp3) is 0.115. The number of hydrogen-bond donors (Lipinski definition) is 2. The van der Waals surface area contributed by atoms with E-state index in [0.717, 1.165) is 17.0 Å². The molecule has 186 valence electrons. The quantitative estimate of drug-likeness (QED) is 0.243. The zero-order valence-electron chi connectivity index (χ0n) is 19.1. The number of carbonyl (C=O) groups excluding carboxylic acids is 2. The Morgan fingerprint density at radius 2 is 1.86 bits per heavy atom. The van der Waals surface area contributed by atoms with Crippen molar-refractivity contribution in [2.75, 3.05) is 18.8 Å². The second-order valence-corrected chi connectivity index (χ2v) is 8.36. The van der Waals surface area contributed by atoms with Gasteiger partial charge in [0.25, 0.3) is 5.78 Å². The summed E-state index contributed by atoms with van der Waals surface area (Å²) in [6.07, 6.45) is 0. The van der Waals surface area contributed by atoms with Crippen LogP contribution < -0.4 is 19.1 Å². The number of nitrogens with one attached hydrogen (secondary N) is 1. The number of halogens is 2. The number of carbonyl (C=O) groups is 2. The summed E-state index contributed by atoms with van der Waals surface area (Å²) in [5.41, 5.74) is 0.615. The van der Waals surface area contributed by atoms with Crippen LogP contribution in [0, 0.1) is 11.6 Å². The highest BCUT2D eigenvalue weighted by Gasteiger charge is 2.48. The molecule has 1 atom stereocenters. The minimum Gasteiger partial charge on any atom is -0.507 e. The van der Waals surface area contributed by atoms with Crippen molar-refractivity contribution in [1.82, 2.24) is 9.97 Å². The molecule has 1 aromatic heterocycles. The number of rotatable bonds is 4. The van der Waals surface area contributed by atoms with Gasteiger partial charge >= 0.3 is 5.91 Å². The molecule has 4 aromatic rings. The van der Waals surface area contributed by atoms with Crippen LogP contribution in [-0.4, -0.2) is 40.7 Å². The molecule has 2 N–H and O–H groups in total. The Kier molecular flexibility index (Phi) is 5.07. The van der Waals surface area contributed by atoms with E-state index in [-0.39, 0.29) is 34.9 Å². The Hall–Kier alpha value is -4.93. The van der Waals surface area contributed by atoms with Crippen LogP contribution >= 0.6 is 0 Å². The topological polar surface area (TPSA) is 114 Å². The molecule has 2 aliphatic heterocycles. The maximum absolute atomic E-state index is 13.8. The van der Waals surface area contributed by atoms with E-state index < -0.39 is 35.1 Å². The molecule has 37 heavy (non-hydrogen) atoms. The van der Waals surface area contributed by atoms with Crippen LogP contribution in [-0.2, 0) is 9.59 Å². The molecule has 0 spiro atoms. The Morgan fingerprint density at radius 1 is 1.08 bits per heavy atom. The highest BCUT2D eigenvalue weighted by atomic mass is 19.2. The summed E-state index contributed by atoms with van der Waals surface area (Å²) in [5.74, 6) is -3.45. The number of benzene rings is 3. The van der Waals surface area contributed by atoms with Crippen molar-refractivity contribution in [3.8, 4) is 17.2 Å². The monoisotopic (exact) mass is 505 g/mol. The third-order valence-electron chi connectivity index (χ3n) is 6.24. The number of ether oxygens (including phenoxy) is 3. The molecule has 9 nitrogen and oxygen atoms in total. The molecular weight excluding hydrogens is 488 g/mol. The van der Waals surface area contributed by atoms with Gasteiger partial charge in [0.05, 0.1) is 29.8 Å². The number of methoxy groups -OCH3 is 1. The molecule has 1 unspecified atom stereocenters. The fourth-order valence-electron chi connectivity index (χ4n) is 4.48. The Labute approximate surface area is 207 Å². The number of aromatic nitrogens is 2. The van der Waals surface area contributed by atoms with Crippen LogP contribution in [0.4, 0.5) is 14.7 Å². The lowest BCUT2D eigenvalue weighted by Gasteiger charge is -2.23. The van der Waals surface area contributed by atoms with E-state index in [1.165, 1.54) is 19.2 Å². The number of Topliss-reactive ketones (excluding diaryl/α,β-unsaturated/α-hetero) is 1. The van der Waals surface area contributed by atoms with Gasteiger partial charge < -0.3 is 24.3 Å². The normalized spacial score (nSPS) is 18.1. The number of amides is 1. The maximum Gasteiger partial charge on any atom is 0.302 e. The summed E-state index contributed by atoms with van der Waals surface area (Å²) in [7, 11) is 1.46. The first-order chi connectivity index (χ1) is 17.9. The Morgan fingerprint density at radius 3 is 2.68 bits per heavy atom. The van der Waals surface area contributed by atoms with E-state index >= 15 is 0 Å². The Balaban J connectivity index is 1.56. The van der Waals surface area contributed by atoms with Crippen molar-refractivity contribution in [1.29, 1.82) is 0 Å². The Bertz CT molecular complexity index is 1610. The summed E-state index contributed by atoms with van der Waals surface area (Å²) in [6.45, 7) is 0.0149. The number of aromatic amines is 1. The SMILES string of the molecule is COc1cccc(C2/C(=C(\O)c3ccc4c(c3)OCO4)C(=O)C(=O)N2c2nc3cc(F)c(F)cc3[nH]2)c1. The number of hydrogen-bond acceptors (Lipinski definition) is 7. The number of nitrogens with zero attached hydrogens (tertiary/aromatic N) is 2. The standard InChI is InChI=1S/C26H17F2N3O6/c1-35-14-4-2-3-12(7-14)22-21(23(32)13-5-6-19-20(8-13)37-11-36-19)24(33)25(34)31(22)26-29-17-9-15(27)16(28)10-18(17)30-26/h2-10,22,32H,11H2,1H3,(H,29,30)/b23-21+. The fourth-order valence-corrected chi connectivity index (χ4v) is 4.48. The average Bonchev–Trinajstić information content (AvgIpc) is 3.60. The molecule has 0 aliphatic carbocycles. The van der Waals surface area contributed by atoms with E-state index in [2.05, 4.69) is 9.97 Å². The molecule has 0 saturated carbocycles. The average molecular weight is 505 g/mol. The van der Waals surface area contributed by atoms with Gasteiger partial charge in [-0.2, -0.15) is 0 Å². The molecule has 1 saturated heterocycles. The van der Waals surface area contributed by atoms with E-state index in [9.17, 15) is 23.5 Å². The van der Waals surface area contributed by atoms with Crippen molar-refractivity contribution in [2.45, 2.75) is 6.04 Å². The molecule has 11 heteroatoms. The summed E-state index contributed by atoms with van der Waals surface area (Å²) in [4.78, 5) is 34.7. The third-order valence-corrected chi connectivity index (χ3v) is 6.24. The molecule has 1 fully saturated rings. The van der Waals surface area contributed by atoms with Gasteiger partial charge in [0.2, 0.25) is 12.7 Å². The molecule has 3 heterocycles. The number of imidazole rings is 1. The highest BCUT2D eigenvalue weighted by Crippen LogP contribution is 2.43. The second-order valence-electron chi connectivity index (χ2n) is 8.36. The molecular formula is C26H17F2N3O6. The highest BCUT2D eigenvalue weighted by molar-refractivity contribution is 6.51. The predicted octanol–water partition coefficient (Wildman–Crippen LogP) is 4.20. The lowest BCUT2D eigenvalue weighted by Crippen LogP contribution is -2.30. The third kappa shape index (κ3) is 3.54. The first kappa shape index (κ1) is 22.5. The number of ketones is 1. The van der Waals surface area contributed by atoms with Crippen molar-refractivity contribution < 1.29 is 37.7 Å². The van der Waals surface area contributed by atoms with Crippen LogP contribution in [0.5, 0.6) is 17.2 Å². The maximum atomic E-state index is 13.8. The molecule has 1 amide bonds. The van der Waals surface area contributed by atoms with E-state index in [0.29, 0.717) is 22.8 Å². The van der Waals surface area contributed by atoms with E-state index in [4.69, 9.17) is 14.2 Å². The lowest BCUT2D eigenvalue weighted by atomic mass is 9.95. The molecule has 6 rings (SSSR count). The predicted molar refractivity (Wildman–Crippen MR) is 126 cm³/mol. The minimum atomic E-state index is -1.14. The van der Waals surface area contributed by atoms with E-state index in [1.54, 1.807) is 30.3 Å². The van der Waals surface area contributed by atoms with Gasteiger partial charge in [-0.1, -0.05) is 12.1 Å². The van der Waals surface area contributed by atoms with Gasteiger partial charge in [-0.15, -0.1) is 0 Å². The minimum absolute atomic E-state index is 0.0149. The molecule has 0 bridgehead atoms. The van der Waals surface area contributed by atoms with Gasteiger partial charge in [-0.3, -0.25) is 14.5 Å². The number of aliphatic hydroxyl groups is 1. The van der Waals surface area contributed by atoms with Crippen LogP contribution in [0.15, 0.2) is 60.2 Å². The summed E-state index contributed by atoms with van der Waals surface area (Å²) >= 11 is 0. The van der Waals surface area contributed by atoms with Gasteiger partial charge in [-0.05, 0) is 35.9 Å². The molecule has 3 aromatic carbocycles. The summed E-state index contributed by atoms with van der Waals surface area (Å²) in [6, 6.07) is 11.9. The number of aliphatic hydroxyl groups excluding tert-OH is 1. The summed E-state index contributed by atoms with van der Waals surface area (Å²) < 4.78 is 43.6. The first-order valence-electron chi connectivity index (χ1n) is 11.1. The van der Waals surface area contributed by atoms with E-state index in [1.807, 2.05) is 0 Å². The molecule has 0 radical (unpaired) electrons. The molecule has 2 aliphatic rings. The zero-order chi connectivity index (χ0) is 25.8. The van der Waals surface area contributed by atoms with Crippen LogP contribution in [0.1, 0.15) is 17.2 Å². The van der Waals surface area contributed by atoms with Crippen molar-refractivity contribution >= 4 is 34.4 Å². The van der Waals surface area contributed by atoms with Crippen LogP contribution in [0.3, 0.4) is 0 Å². The van der Waals surface area contributed by atoms with Crippen molar-refractivity contribution in [3.63, 3.8) is 0 Å². The van der Waals surface area contributed by atoms with Gasteiger partial charge in [0.1, 0.15) is 11.5 Å².